The predicted octanol–water partition coefficient (Wildman–Crippen LogP) is 5.04. The number of benzene rings is 2. The van der Waals surface area contributed by atoms with E-state index in [2.05, 4.69) is 20.7 Å². The number of hydrogen-bond donors (Lipinski definition) is 2. The largest absolute Gasteiger partial charge is 0.370 e. The average molecular weight is 409 g/mol. The van der Waals surface area contributed by atoms with Crippen molar-refractivity contribution < 1.29 is 4.79 Å². The molecule has 7 heteroatoms. The normalized spacial score (nSPS) is 12.0. The Bertz CT molecular complexity index is 1110. The van der Waals surface area contributed by atoms with Gasteiger partial charge < -0.3 is 11.1 Å². The number of hydrogen-bond acceptors (Lipinski definition) is 5. The Balaban J connectivity index is 1.78. The molecule has 2 aromatic carbocycles. The van der Waals surface area contributed by atoms with Crippen LogP contribution in [0.25, 0.3) is 21.3 Å². The SMILES string of the molecule is NC(=O)C[C@@H](Nc1ncnc2scc(-c3ccc(Cl)cc3)c12)c1ccccc1. The average Bonchev–Trinajstić information content (AvgIpc) is 3.14. The van der Waals surface area contributed by atoms with Gasteiger partial charge in [-0.3, -0.25) is 4.79 Å². The van der Waals surface area contributed by atoms with E-state index in [-0.39, 0.29) is 18.4 Å². The third kappa shape index (κ3) is 3.83. The van der Waals surface area contributed by atoms with E-state index in [9.17, 15) is 4.79 Å². The van der Waals surface area contributed by atoms with Crippen LogP contribution in [0.3, 0.4) is 0 Å². The fraction of sp³-hybridized carbons (Fsp3) is 0.0952. The molecule has 0 spiro atoms. The Morgan fingerprint density at radius 3 is 2.57 bits per heavy atom. The minimum atomic E-state index is -0.380. The molecule has 28 heavy (non-hydrogen) atoms. The number of nitrogens with one attached hydrogen (secondary N) is 1. The fourth-order valence-electron chi connectivity index (χ4n) is 3.13. The highest BCUT2D eigenvalue weighted by molar-refractivity contribution is 7.17. The molecule has 5 nitrogen and oxygen atoms in total. The standard InChI is InChI=1S/C21H17ClN4OS/c22-15-8-6-13(7-9-15)16-11-28-21-19(16)20(24-12-25-21)26-17(10-18(23)27)14-4-2-1-3-5-14/h1-9,11-12,17H,10H2,(H2,23,27)(H,24,25,26)/t17-/m1/s1. The molecule has 2 heterocycles. The van der Waals surface area contributed by atoms with Crippen LogP contribution in [-0.4, -0.2) is 15.9 Å². The zero-order valence-electron chi connectivity index (χ0n) is 14.8. The molecular weight excluding hydrogens is 392 g/mol. The van der Waals surface area contributed by atoms with Gasteiger partial charge in [-0.2, -0.15) is 0 Å². The molecule has 4 rings (SSSR count). The summed E-state index contributed by atoms with van der Waals surface area (Å²) in [6, 6.07) is 17.1. The number of amides is 1. The summed E-state index contributed by atoms with van der Waals surface area (Å²) in [5.41, 5.74) is 8.51. The van der Waals surface area contributed by atoms with Crippen molar-refractivity contribution in [2.45, 2.75) is 12.5 Å². The molecule has 0 aliphatic rings. The Labute approximate surface area is 171 Å². The van der Waals surface area contributed by atoms with Crippen molar-refractivity contribution in [1.29, 1.82) is 0 Å². The van der Waals surface area contributed by atoms with Crippen LogP contribution in [0.2, 0.25) is 5.02 Å². The van der Waals surface area contributed by atoms with Gasteiger partial charge in [0.15, 0.2) is 0 Å². The summed E-state index contributed by atoms with van der Waals surface area (Å²) in [5, 5.41) is 7.06. The highest BCUT2D eigenvalue weighted by Crippen LogP contribution is 2.38. The monoisotopic (exact) mass is 408 g/mol. The molecule has 140 valence electrons. The molecule has 0 fully saturated rings. The molecule has 0 saturated carbocycles. The number of carbonyl (C=O) groups is 1. The van der Waals surface area contributed by atoms with Crippen LogP contribution in [-0.2, 0) is 4.79 Å². The maximum Gasteiger partial charge on any atom is 0.219 e. The number of carbonyl (C=O) groups excluding carboxylic acids is 1. The van der Waals surface area contributed by atoms with Gasteiger partial charge in [-0.1, -0.05) is 54.1 Å². The molecule has 0 bridgehead atoms. The molecule has 0 radical (unpaired) electrons. The van der Waals surface area contributed by atoms with Crippen LogP contribution in [0.5, 0.6) is 0 Å². The molecule has 3 N–H and O–H groups in total. The van der Waals surface area contributed by atoms with Gasteiger partial charge >= 0.3 is 0 Å². The maximum atomic E-state index is 11.6. The Morgan fingerprint density at radius 2 is 1.86 bits per heavy atom. The minimum Gasteiger partial charge on any atom is -0.370 e. The van der Waals surface area contributed by atoms with Crippen molar-refractivity contribution in [3.05, 3.63) is 76.9 Å². The topological polar surface area (TPSA) is 80.9 Å². The van der Waals surface area contributed by atoms with Gasteiger partial charge in [0.2, 0.25) is 5.91 Å². The van der Waals surface area contributed by atoms with Gasteiger partial charge in [0.25, 0.3) is 0 Å². The van der Waals surface area contributed by atoms with Crippen molar-refractivity contribution in [1.82, 2.24) is 9.97 Å². The summed E-state index contributed by atoms with van der Waals surface area (Å²) in [6.45, 7) is 0. The van der Waals surface area contributed by atoms with E-state index in [4.69, 9.17) is 17.3 Å². The Morgan fingerprint density at radius 1 is 1.11 bits per heavy atom. The van der Waals surface area contributed by atoms with Crippen LogP contribution in [0.1, 0.15) is 18.0 Å². The second kappa shape index (κ2) is 7.96. The first-order chi connectivity index (χ1) is 13.6. The Kier molecular flexibility index (Phi) is 5.23. The third-order valence-electron chi connectivity index (χ3n) is 4.44. The van der Waals surface area contributed by atoms with Gasteiger partial charge in [0.1, 0.15) is 17.0 Å². The second-order valence-electron chi connectivity index (χ2n) is 6.34. The van der Waals surface area contributed by atoms with E-state index in [0.29, 0.717) is 10.8 Å². The lowest BCUT2D eigenvalue weighted by Gasteiger charge is -2.19. The van der Waals surface area contributed by atoms with E-state index in [1.807, 2.05) is 54.6 Å². The molecule has 0 unspecified atom stereocenters. The first-order valence-electron chi connectivity index (χ1n) is 8.70. The lowest BCUT2D eigenvalue weighted by molar-refractivity contribution is -0.118. The van der Waals surface area contributed by atoms with E-state index < -0.39 is 0 Å². The summed E-state index contributed by atoms with van der Waals surface area (Å²) in [6.07, 6.45) is 1.69. The number of rotatable bonds is 6. The number of thiophene rings is 1. The van der Waals surface area contributed by atoms with Gasteiger partial charge in [0, 0.05) is 16.0 Å². The number of halogens is 1. The van der Waals surface area contributed by atoms with Crippen molar-refractivity contribution >= 4 is 44.9 Å². The van der Waals surface area contributed by atoms with Crippen molar-refractivity contribution in [3.63, 3.8) is 0 Å². The number of primary amides is 1. The number of nitrogens with two attached hydrogens (primary N) is 1. The van der Waals surface area contributed by atoms with E-state index in [0.717, 1.165) is 26.9 Å². The van der Waals surface area contributed by atoms with E-state index in [1.54, 1.807) is 11.3 Å². The highest BCUT2D eigenvalue weighted by atomic mass is 35.5. The molecule has 0 aliphatic heterocycles. The molecular formula is C21H17ClN4OS. The van der Waals surface area contributed by atoms with Crippen LogP contribution in [0.15, 0.2) is 66.3 Å². The molecule has 0 aliphatic carbocycles. The summed E-state index contributed by atoms with van der Waals surface area (Å²) >= 11 is 7.58. The van der Waals surface area contributed by atoms with E-state index >= 15 is 0 Å². The fourth-order valence-corrected chi connectivity index (χ4v) is 4.17. The van der Waals surface area contributed by atoms with Crippen LogP contribution < -0.4 is 11.1 Å². The van der Waals surface area contributed by atoms with Crippen LogP contribution >= 0.6 is 22.9 Å². The molecule has 4 aromatic rings. The first-order valence-corrected chi connectivity index (χ1v) is 9.95. The molecule has 2 aromatic heterocycles. The maximum absolute atomic E-state index is 11.6. The van der Waals surface area contributed by atoms with Crippen molar-refractivity contribution in [2.75, 3.05) is 5.32 Å². The number of fused-ring (bicyclic) bond motifs is 1. The summed E-state index contributed by atoms with van der Waals surface area (Å²) < 4.78 is 0. The van der Waals surface area contributed by atoms with Crippen molar-refractivity contribution in [2.24, 2.45) is 5.73 Å². The number of anilines is 1. The zero-order chi connectivity index (χ0) is 19.5. The summed E-state index contributed by atoms with van der Waals surface area (Å²) in [5.74, 6) is 0.293. The van der Waals surface area contributed by atoms with E-state index in [1.165, 1.54) is 6.33 Å². The zero-order valence-corrected chi connectivity index (χ0v) is 16.4. The lowest BCUT2D eigenvalue weighted by atomic mass is 10.0. The lowest BCUT2D eigenvalue weighted by Crippen LogP contribution is -2.21. The van der Waals surface area contributed by atoms with Gasteiger partial charge in [0.05, 0.1) is 17.8 Å². The first kappa shape index (κ1) is 18.4. The third-order valence-corrected chi connectivity index (χ3v) is 5.58. The van der Waals surface area contributed by atoms with Crippen molar-refractivity contribution in [3.8, 4) is 11.1 Å². The molecule has 1 amide bonds. The van der Waals surface area contributed by atoms with Crippen LogP contribution in [0, 0.1) is 0 Å². The summed E-state index contributed by atoms with van der Waals surface area (Å²) in [7, 11) is 0. The quantitative estimate of drug-likeness (QED) is 0.468. The van der Waals surface area contributed by atoms with Crippen LogP contribution in [0.4, 0.5) is 5.82 Å². The van der Waals surface area contributed by atoms with Gasteiger partial charge in [-0.25, -0.2) is 9.97 Å². The van der Waals surface area contributed by atoms with Gasteiger partial charge in [-0.15, -0.1) is 11.3 Å². The second-order valence-corrected chi connectivity index (χ2v) is 7.63. The molecule has 1 atom stereocenters. The predicted molar refractivity (Wildman–Crippen MR) is 114 cm³/mol. The van der Waals surface area contributed by atoms with Gasteiger partial charge in [-0.05, 0) is 23.3 Å². The highest BCUT2D eigenvalue weighted by Gasteiger charge is 2.19. The Hall–Kier alpha value is -2.96. The minimum absolute atomic E-state index is 0.163. The smallest absolute Gasteiger partial charge is 0.219 e. The molecule has 0 saturated heterocycles. The number of nitrogens with zero attached hydrogens (tertiary/aromatic N) is 2. The summed E-state index contributed by atoms with van der Waals surface area (Å²) in [4.78, 5) is 21.4. The number of aromatic nitrogens is 2.